The summed E-state index contributed by atoms with van der Waals surface area (Å²) in [6.07, 6.45) is 0. The van der Waals surface area contributed by atoms with Crippen LogP contribution in [0.5, 0.6) is 5.75 Å². The predicted molar refractivity (Wildman–Crippen MR) is 131 cm³/mol. The van der Waals surface area contributed by atoms with Crippen LogP contribution in [0.1, 0.15) is 15.9 Å². The molecule has 2 aromatic carbocycles. The van der Waals surface area contributed by atoms with Gasteiger partial charge in [-0.2, -0.15) is 15.0 Å². The molecule has 188 valence electrons. The molecule has 2 aliphatic heterocycles. The number of halogens is 1. The molecule has 36 heavy (non-hydrogen) atoms. The third kappa shape index (κ3) is 5.52. The van der Waals surface area contributed by atoms with Gasteiger partial charge < -0.3 is 29.7 Å². The monoisotopic (exact) mass is 494 g/mol. The molecule has 0 aliphatic carbocycles. The standard InChI is InChI=1S/C25H27FN6O4/c26-19-3-1-2-17(14-19)16-36-21-5-4-18(15-20(21)22(27)33)23-28-24(31-6-10-34-11-7-31)30-25(29-23)32-8-12-35-13-9-32/h1-5,14-15H,6-13,16H2,(H2,27,33). The van der Waals surface area contributed by atoms with E-state index in [9.17, 15) is 9.18 Å². The molecule has 1 aromatic heterocycles. The molecule has 2 saturated heterocycles. The summed E-state index contributed by atoms with van der Waals surface area (Å²) in [4.78, 5) is 30.5. The van der Waals surface area contributed by atoms with Crippen molar-refractivity contribution in [3.05, 3.63) is 59.4 Å². The van der Waals surface area contributed by atoms with Gasteiger partial charge in [0.1, 0.15) is 18.2 Å². The van der Waals surface area contributed by atoms with E-state index in [-0.39, 0.29) is 18.0 Å². The van der Waals surface area contributed by atoms with Gasteiger partial charge in [0.05, 0.1) is 32.0 Å². The average Bonchev–Trinajstić information content (AvgIpc) is 2.92. The van der Waals surface area contributed by atoms with E-state index in [0.717, 1.165) is 0 Å². The lowest BCUT2D eigenvalue weighted by Gasteiger charge is -2.30. The van der Waals surface area contributed by atoms with E-state index in [1.54, 1.807) is 30.3 Å². The molecule has 2 aliphatic rings. The van der Waals surface area contributed by atoms with Gasteiger partial charge in [-0.25, -0.2) is 4.39 Å². The maximum absolute atomic E-state index is 13.5. The maximum atomic E-state index is 13.5. The van der Waals surface area contributed by atoms with Gasteiger partial charge in [0.25, 0.3) is 5.91 Å². The van der Waals surface area contributed by atoms with E-state index < -0.39 is 5.91 Å². The highest BCUT2D eigenvalue weighted by Gasteiger charge is 2.22. The van der Waals surface area contributed by atoms with Crippen LogP contribution in [0.3, 0.4) is 0 Å². The normalized spacial score (nSPS) is 16.1. The summed E-state index contributed by atoms with van der Waals surface area (Å²) in [5, 5.41) is 0. The van der Waals surface area contributed by atoms with Crippen LogP contribution in [-0.4, -0.2) is 73.5 Å². The van der Waals surface area contributed by atoms with Crippen LogP contribution >= 0.6 is 0 Å². The molecule has 10 nitrogen and oxygen atoms in total. The number of anilines is 2. The zero-order chi connectivity index (χ0) is 24.9. The van der Waals surface area contributed by atoms with Crippen LogP contribution in [0.4, 0.5) is 16.3 Å². The van der Waals surface area contributed by atoms with E-state index in [0.29, 0.717) is 87.2 Å². The largest absolute Gasteiger partial charge is 0.488 e. The highest BCUT2D eigenvalue weighted by atomic mass is 19.1. The van der Waals surface area contributed by atoms with Gasteiger partial charge in [0.15, 0.2) is 5.82 Å². The summed E-state index contributed by atoms with van der Waals surface area (Å²) in [6, 6.07) is 11.1. The molecule has 2 N–H and O–H groups in total. The number of nitrogens with two attached hydrogens (primary N) is 1. The second-order valence-electron chi connectivity index (χ2n) is 8.45. The van der Waals surface area contributed by atoms with Gasteiger partial charge in [-0.3, -0.25) is 4.79 Å². The Morgan fingerprint density at radius 2 is 1.56 bits per heavy atom. The van der Waals surface area contributed by atoms with E-state index >= 15 is 0 Å². The van der Waals surface area contributed by atoms with E-state index in [1.165, 1.54) is 12.1 Å². The first-order valence-corrected chi connectivity index (χ1v) is 11.8. The molecule has 3 heterocycles. The van der Waals surface area contributed by atoms with Crippen LogP contribution in [0.2, 0.25) is 0 Å². The zero-order valence-corrected chi connectivity index (χ0v) is 19.7. The Bertz CT molecular complexity index is 1190. The molecular formula is C25H27FN6O4. The maximum Gasteiger partial charge on any atom is 0.252 e. The summed E-state index contributed by atoms with van der Waals surface area (Å²) >= 11 is 0. The first-order valence-electron chi connectivity index (χ1n) is 11.8. The number of aromatic nitrogens is 3. The second kappa shape index (κ2) is 10.8. The Morgan fingerprint density at radius 3 is 2.14 bits per heavy atom. The van der Waals surface area contributed by atoms with Gasteiger partial charge >= 0.3 is 0 Å². The smallest absolute Gasteiger partial charge is 0.252 e. The number of hydrogen-bond acceptors (Lipinski definition) is 9. The number of hydrogen-bond donors (Lipinski definition) is 1. The van der Waals surface area contributed by atoms with E-state index in [4.69, 9.17) is 34.9 Å². The summed E-state index contributed by atoms with van der Waals surface area (Å²) in [5.74, 6) is 0.817. The lowest BCUT2D eigenvalue weighted by molar-refractivity contribution is 0.0996. The number of morpholine rings is 2. The quantitative estimate of drug-likeness (QED) is 0.527. The summed E-state index contributed by atoms with van der Waals surface area (Å²) < 4.78 is 30.3. The molecule has 2 fully saturated rings. The van der Waals surface area contributed by atoms with Crippen molar-refractivity contribution in [2.45, 2.75) is 6.61 Å². The molecule has 5 rings (SSSR count). The Kier molecular flexibility index (Phi) is 7.19. The molecule has 0 atom stereocenters. The molecule has 1 amide bonds. The number of primary amides is 1. The van der Waals surface area contributed by atoms with Crippen molar-refractivity contribution >= 4 is 17.8 Å². The van der Waals surface area contributed by atoms with Crippen LogP contribution in [0.25, 0.3) is 11.4 Å². The van der Waals surface area contributed by atoms with Crippen molar-refractivity contribution in [2.24, 2.45) is 5.73 Å². The molecule has 0 saturated carbocycles. The summed E-state index contributed by atoms with van der Waals surface area (Å²) in [6.45, 7) is 5.15. The third-order valence-corrected chi connectivity index (χ3v) is 5.99. The van der Waals surface area contributed by atoms with Crippen molar-refractivity contribution in [3.63, 3.8) is 0 Å². The molecule has 0 unspecified atom stereocenters. The Hall–Kier alpha value is -3.83. The minimum absolute atomic E-state index is 0.0888. The lowest BCUT2D eigenvalue weighted by Crippen LogP contribution is -2.40. The molecule has 3 aromatic rings. The van der Waals surface area contributed by atoms with Gasteiger partial charge in [-0.05, 0) is 35.9 Å². The Labute approximate surface area is 207 Å². The fraction of sp³-hybridized carbons (Fsp3) is 0.360. The Balaban J connectivity index is 1.47. The minimum atomic E-state index is -0.651. The first kappa shape index (κ1) is 23.9. The summed E-state index contributed by atoms with van der Waals surface area (Å²) in [5.41, 5.74) is 7.10. The second-order valence-corrected chi connectivity index (χ2v) is 8.45. The number of benzene rings is 2. The van der Waals surface area contributed by atoms with Crippen molar-refractivity contribution in [1.82, 2.24) is 15.0 Å². The number of carbonyl (C=O) groups excluding carboxylic acids is 1. The van der Waals surface area contributed by atoms with Crippen LogP contribution in [0.15, 0.2) is 42.5 Å². The van der Waals surface area contributed by atoms with Crippen LogP contribution in [-0.2, 0) is 16.1 Å². The summed E-state index contributed by atoms with van der Waals surface area (Å²) in [7, 11) is 0. The fourth-order valence-electron chi connectivity index (χ4n) is 4.07. The molecule has 11 heteroatoms. The van der Waals surface area contributed by atoms with Crippen molar-refractivity contribution in [2.75, 3.05) is 62.4 Å². The molecule has 0 radical (unpaired) electrons. The van der Waals surface area contributed by atoms with E-state index in [2.05, 4.69) is 9.80 Å². The van der Waals surface area contributed by atoms with Crippen molar-refractivity contribution in [3.8, 4) is 17.1 Å². The Morgan fingerprint density at radius 1 is 0.917 bits per heavy atom. The van der Waals surface area contributed by atoms with Gasteiger partial charge in [-0.15, -0.1) is 0 Å². The molecular weight excluding hydrogens is 467 g/mol. The average molecular weight is 495 g/mol. The highest BCUT2D eigenvalue weighted by Crippen LogP contribution is 2.28. The minimum Gasteiger partial charge on any atom is -0.488 e. The lowest BCUT2D eigenvalue weighted by atomic mass is 10.1. The topological polar surface area (TPSA) is 116 Å². The van der Waals surface area contributed by atoms with Gasteiger partial charge in [0.2, 0.25) is 11.9 Å². The number of carbonyl (C=O) groups is 1. The van der Waals surface area contributed by atoms with Crippen molar-refractivity contribution in [1.29, 1.82) is 0 Å². The highest BCUT2D eigenvalue weighted by molar-refractivity contribution is 5.96. The van der Waals surface area contributed by atoms with Crippen LogP contribution < -0.4 is 20.3 Å². The van der Waals surface area contributed by atoms with E-state index in [1.807, 2.05) is 0 Å². The van der Waals surface area contributed by atoms with Gasteiger partial charge in [0, 0.05) is 31.7 Å². The van der Waals surface area contributed by atoms with Gasteiger partial charge in [-0.1, -0.05) is 12.1 Å². The first-order chi connectivity index (χ1) is 17.6. The predicted octanol–water partition coefficient (Wildman–Crippen LogP) is 2.03. The zero-order valence-electron chi connectivity index (χ0n) is 19.7. The molecule has 0 spiro atoms. The fourth-order valence-corrected chi connectivity index (χ4v) is 4.07. The SMILES string of the molecule is NC(=O)c1cc(-c2nc(N3CCOCC3)nc(N3CCOCC3)n2)ccc1OCc1cccc(F)c1. The van der Waals surface area contributed by atoms with Crippen molar-refractivity contribution < 1.29 is 23.4 Å². The molecule has 0 bridgehead atoms. The third-order valence-electron chi connectivity index (χ3n) is 5.99. The van der Waals surface area contributed by atoms with Crippen LogP contribution in [0, 0.1) is 5.82 Å². The number of rotatable bonds is 7. The number of ether oxygens (including phenoxy) is 3. The number of amides is 1. The number of nitrogens with zero attached hydrogens (tertiary/aromatic N) is 5.